The Labute approximate surface area is 182 Å². The number of piperidine rings is 1. The zero-order chi connectivity index (χ0) is 17.3. The molecule has 2 N–H and O–H groups in total. The number of aliphatic imine (C=N–C) groups is 1. The first-order valence-electron chi connectivity index (χ1n) is 9.05. The van der Waals surface area contributed by atoms with Gasteiger partial charge in [-0.3, -0.25) is 9.89 Å². The van der Waals surface area contributed by atoms with Crippen LogP contribution in [0.25, 0.3) is 0 Å². The first-order valence-corrected chi connectivity index (χ1v) is 10.8. The summed E-state index contributed by atoms with van der Waals surface area (Å²) in [5, 5.41) is 11.2. The summed E-state index contributed by atoms with van der Waals surface area (Å²) < 4.78 is 0. The number of rotatable bonds is 7. The van der Waals surface area contributed by atoms with Crippen molar-refractivity contribution in [1.82, 2.24) is 15.5 Å². The molecule has 0 aliphatic carbocycles. The Bertz CT molecular complexity index is 628. The van der Waals surface area contributed by atoms with Crippen molar-refractivity contribution in [2.24, 2.45) is 10.9 Å². The van der Waals surface area contributed by atoms with Gasteiger partial charge in [0.25, 0.3) is 0 Å². The highest BCUT2D eigenvalue weighted by Crippen LogP contribution is 2.19. The largest absolute Gasteiger partial charge is 0.356 e. The van der Waals surface area contributed by atoms with E-state index in [1.54, 1.807) is 0 Å². The number of hydrogen-bond acceptors (Lipinski definition) is 4. The van der Waals surface area contributed by atoms with Crippen molar-refractivity contribution in [1.29, 1.82) is 0 Å². The molecule has 0 bridgehead atoms. The van der Waals surface area contributed by atoms with Crippen LogP contribution in [0.15, 0.2) is 40.0 Å². The lowest BCUT2D eigenvalue weighted by atomic mass is 9.98. The van der Waals surface area contributed by atoms with Crippen molar-refractivity contribution in [2.45, 2.75) is 25.8 Å². The maximum atomic E-state index is 4.36. The topological polar surface area (TPSA) is 39.7 Å². The molecule has 0 saturated carbocycles. The number of thiophene rings is 2. The van der Waals surface area contributed by atoms with Crippen LogP contribution in [-0.4, -0.2) is 44.1 Å². The summed E-state index contributed by atoms with van der Waals surface area (Å²) in [7, 11) is 1.85. The smallest absolute Gasteiger partial charge is 0.190 e. The van der Waals surface area contributed by atoms with E-state index in [1.807, 2.05) is 29.7 Å². The van der Waals surface area contributed by atoms with Crippen molar-refractivity contribution in [3.05, 3.63) is 44.8 Å². The Morgan fingerprint density at radius 1 is 1.19 bits per heavy atom. The molecular formula is C19H29IN4S2. The third-order valence-corrected chi connectivity index (χ3v) is 6.39. The maximum absolute atomic E-state index is 4.36. The molecule has 1 unspecified atom stereocenters. The Kier molecular flexibility index (Phi) is 9.95. The van der Waals surface area contributed by atoms with E-state index in [0.717, 1.165) is 32.0 Å². The van der Waals surface area contributed by atoms with E-state index in [4.69, 9.17) is 0 Å². The minimum atomic E-state index is 0. The van der Waals surface area contributed by atoms with Crippen LogP contribution in [0.4, 0.5) is 0 Å². The molecule has 7 heteroatoms. The first-order chi connectivity index (χ1) is 12.3. The molecule has 3 heterocycles. The standard InChI is InChI=1S/C19H28N4S2.HI/c1-20-19(21-9-8-17-6-3-11-24-17)22-13-16-5-2-10-23(14-16)15-18-7-4-12-25-18;/h3-4,6-7,11-12,16H,2,5,8-10,13-15H2,1H3,(H2,20,21,22);1H. The maximum Gasteiger partial charge on any atom is 0.190 e. The zero-order valence-corrected chi connectivity index (χ0v) is 19.3. The van der Waals surface area contributed by atoms with Gasteiger partial charge in [0.1, 0.15) is 0 Å². The molecule has 2 aromatic rings. The monoisotopic (exact) mass is 504 g/mol. The van der Waals surface area contributed by atoms with Gasteiger partial charge in [0.05, 0.1) is 0 Å². The Morgan fingerprint density at radius 3 is 2.65 bits per heavy atom. The molecule has 1 fully saturated rings. The number of nitrogens with one attached hydrogen (secondary N) is 2. The van der Waals surface area contributed by atoms with Gasteiger partial charge in [0, 0.05) is 43.0 Å². The third-order valence-electron chi connectivity index (χ3n) is 4.59. The van der Waals surface area contributed by atoms with Crippen LogP contribution < -0.4 is 10.6 Å². The Morgan fingerprint density at radius 2 is 1.96 bits per heavy atom. The van der Waals surface area contributed by atoms with Crippen molar-refractivity contribution in [2.75, 3.05) is 33.2 Å². The Balaban J connectivity index is 0.00000243. The van der Waals surface area contributed by atoms with Crippen molar-refractivity contribution >= 4 is 52.6 Å². The molecule has 26 heavy (non-hydrogen) atoms. The predicted octanol–water partition coefficient (Wildman–Crippen LogP) is 4.05. The third kappa shape index (κ3) is 7.17. The van der Waals surface area contributed by atoms with E-state index in [-0.39, 0.29) is 24.0 Å². The zero-order valence-electron chi connectivity index (χ0n) is 15.3. The lowest BCUT2D eigenvalue weighted by Crippen LogP contribution is -2.44. The molecule has 1 aliphatic heterocycles. The molecule has 2 aromatic heterocycles. The van der Waals surface area contributed by atoms with Crippen LogP contribution in [0.2, 0.25) is 0 Å². The average molecular weight is 505 g/mol. The highest BCUT2D eigenvalue weighted by molar-refractivity contribution is 14.0. The van der Waals surface area contributed by atoms with Crippen molar-refractivity contribution < 1.29 is 0 Å². The fourth-order valence-electron chi connectivity index (χ4n) is 3.31. The normalized spacial score (nSPS) is 18.3. The van der Waals surface area contributed by atoms with Crippen LogP contribution >= 0.6 is 46.7 Å². The second-order valence-corrected chi connectivity index (χ2v) is 8.60. The number of hydrogen-bond donors (Lipinski definition) is 2. The van der Waals surface area contributed by atoms with Gasteiger partial charge < -0.3 is 10.6 Å². The van der Waals surface area contributed by atoms with E-state index in [0.29, 0.717) is 5.92 Å². The fourth-order valence-corrected chi connectivity index (χ4v) is 4.76. The van der Waals surface area contributed by atoms with E-state index in [1.165, 1.54) is 35.7 Å². The van der Waals surface area contributed by atoms with E-state index >= 15 is 0 Å². The van der Waals surface area contributed by atoms with Crippen LogP contribution in [0.3, 0.4) is 0 Å². The number of guanidine groups is 1. The average Bonchev–Trinajstić information content (AvgIpc) is 3.32. The van der Waals surface area contributed by atoms with Gasteiger partial charge in [-0.25, -0.2) is 0 Å². The summed E-state index contributed by atoms with van der Waals surface area (Å²) in [4.78, 5) is 9.84. The minimum absolute atomic E-state index is 0. The van der Waals surface area contributed by atoms with Crippen molar-refractivity contribution in [3.63, 3.8) is 0 Å². The van der Waals surface area contributed by atoms with E-state index in [2.05, 4.69) is 55.6 Å². The van der Waals surface area contributed by atoms with Gasteiger partial charge in [0.2, 0.25) is 0 Å². The van der Waals surface area contributed by atoms with E-state index in [9.17, 15) is 0 Å². The van der Waals surface area contributed by atoms with Crippen molar-refractivity contribution in [3.8, 4) is 0 Å². The second-order valence-electron chi connectivity index (χ2n) is 6.53. The van der Waals surface area contributed by atoms with Crippen LogP contribution in [0.1, 0.15) is 22.6 Å². The van der Waals surface area contributed by atoms with Crippen LogP contribution in [0.5, 0.6) is 0 Å². The molecule has 4 nitrogen and oxygen atoms in total. The lowest BCUT2D eigenvalue weighted by molar-refractivity contribution is 0.169. The summed E-state index contributed by atoms with van der Waals surface area (Å²) in [6.07, 6.45) is 3.65. The molecule has 0 amide bonds. The van der Waals surface area contributed by atoms with Crippen LogP contribution in [-0.2, 0) is 13.0 Å². The molecule has 144 valence electrons. The van der Waals surface area contributed by atoms with Crippen LogP contribution in [0, 0.1) is 5.92 Å². The van der Waals surface area contributed by atoms with Gasteiger partial charge >= 0.3 is 0 Å². The predicted molar refractivity (Wildman–Crippen MR) is 125 cm³/mol. The lowest BCUT2D eigenvalue weighted by Gasteiger charge is -2.32. The summed E-state index contributed by atoms with van der Waals surface area (Å²) in [5.41, 5.74) is 0. The number of nitrogens with zero attached hydrogens (tertiary/aromatic N) is 2. The number of halogens is 1. The molecule has 0 radical (unpaired) electrons. The summed E-state index contributed by atoms with van der Waals surface area (Å²) in [5.74, 6) is 1.62. The molecule has 3 rings (SSSR count). The summed E-state index contributed by atoms with van der Waals surface area (Å²) in [6, 6.07) is 8.69. The van der Waals surface area contributed by atoms with Gasteiger partial charge in [-0.15, -0.1) is 46.7 Å². The quantitative estimate of drug-likeness (QED) is 0.340. The van der Waals surface area contributed by atoms with Gasteiger partial charge in [-0.05, 0) is 54.6 Å². The molecule has 1 atom stereocenters. The highest BCUT2D eigenvalue weighted by atomic mass is 127. The molecule has 0 spiro atoms. The number of likely N-dealkylation sites (tertiary alicyclic amines) is 1. The molecule has 1 aliphatic rings. The van der Waals surface area contributed by atoms with E-state index < -0.39 is 0 Å². The molecule has 1 saturated heterocycles. The Hall–Kier alpha value is -0.640. The van der Waals surface area contributed by atoms with Gasteiger partial charge in [-0.2, -0.15) is 0 Å². The minimum Gasteiger partial charge on any atom is -0.356 e. The summed E-state index contributed by atoms with van der Waals surface area (Å²) in [6.45, 7) is 5.43. The molecular weight excluding hydrogens is 475 g/mol. The molecule has 0 aromatic carbocycles. The van der Waals surface area contributed by atoms with Gasteiger partial charge in [0.15, 0.2) is 5.96 Å². The van der Waals surface area contributed by atoms with Gasteiger partial charge in [-0.1, -0.05) is 12.1 Å². The summed E-state index contributed by atoms with van der Waals surface area (Å²) >= 11 is 3.68. The first kappa shape index (κ1) is 21.7. The highest BCUT2D eigenvalue weighted by Gasteiger charge is 2.20. The SMILES string of the molecule is CN=C(NCCc1cccs1)NCC1CCCN(Cc2cccs2)C1.I. The fraction of sp³-hybridized carbons (Fsp3) is 0.526. The second kappa shape index (κ2) is 11.9.